The van der Waals surface area contributed by atoms with Crippen molar-refractivity contribution < 1.29 is 9.21 Å². The molecule has 0 radical (unpaired) electrons. The Morgan fingerprint density at radius 3 is 2.78 bits per heavy atom. The summed E-state index contributed by atoms with van der Waals surface area (Å²) in [6.45, 7) is 0.454. The van der Waals surface area contributed by atoms with Gasteiger partial charge in [0.15, 0.2) is 4.67 Å². The van der Waals surface area contributed by atoms with Gasteiger partial charge in [0, 0.05) is 16.2 Å². The fraction of sp³-hybridized carbons (Fsp3) is 0.154. The Bertz CT molecular complexity index is 568. The van der Waals surface area contributed by atoms with Gasteiger partial charge in [0.2, 0.25) is 0 Å². The van der Waals surface area contributed by atoms with Gasteiger partial charge >= 0.3 is 0 Å². The van der Waals surface area contributed by atoms with Crippen molar-refractivity contribution in [3.05, 3.63) is 56.0 Å². The molecule has 2 aromatic rings. The zero-order valence-corrected chi connectivity index (χ0v) is 13.4. The highest BCUT2D eigenvalue weighted by atomic mass is 127. The number of amides is 1. The number of nitrogens with zero attached hydrogens (tertiary/aromatic N) is 1. The molecule has 0 fully saturated rings. The molecule has 0 spiro atoms. The van der Waals surface area contributed by atoms with Gasteiger partial charge in [-0.05, 0) is 68.9 Å². The van der Waals surface area contributed by atoms with E-state index in [1.807, 2.05) is 36.4 Å². The minimum absolute atomic E-state index is 0.0129. The predicted octanol–water partition coefficient (Wildman–Crippen LogP) is 3.92. The molecule has 2 rings (SSSR count). The SMILES string of the molecule is CN(Cc1ccc(Br)o1)C(=O)c1cccc(I)c1. The van der Waals surface area contributed by atoms with Crippen molar-refractivity contribution in [2.75, 3.05) is 7.05 Å². The molecule has 94 valence electrons. The maximum Gasteiger partial charge on any atom is 0.254 e. The van der Waals surface area contributed by atoms with E-state index in [9.17, 15) is 4.79 Å². The lowest BCUT2D eigenvalue weighted by Crippen LogP contribution is -2.26. The second-order valence-electron chi connectivity index (χ2n) is 3.88. The van der Waals surface area contributed by atoms with E-state index in [0.29, 0.717) is 16.8 Å². The van der Waals surface area contributed by atoms with Crippen LogP contribution >= 0.6 is 38.5 Å². The molecule has 1 aromatic heterocycles. The third-order valence-corrected chi connectivity index (χ3v) is 3.54. The van der Waals surface area contributed by atoms with E-state index in [2.05, 4.69) is 38.5 Å². The van der Waals surface area contributed by atoms with Crippen LogP contribution in [0.15, 0.2) is 45.5 Å². The van der Waals surface area contributed by atoms with Crippen molar-refractivity contribution in [1.29, 1.82) is 0 Å². The molecule has 0 atom stereocenters. The molecule has 0 unspecified atom stereocenters. The minimum Gasteiger partial charge on any atom is -0.452 e. The summed E-state index contributed by atoms with van der Waals surface area (Å²) in [4.78, 5) is 13.8. The topological polar surface area (TPSA) is 33.5 Å². The van der Waals surface area contributed by atoms with Gasteiger partial charge in [-0.15, -0.1) is 0 Å². The van der Waals surface area contributed by atoms with Gasteiger partial charge in [0.05, 0.1) is 6.54 Å². The van der Waals surface area contributed by atoms with E-state index in [0.717, 1.165) is 9.33 Å². The van der Waals surface area contributed by atoms with Crippen LogP contribution in [0.3, 0.4) is 0 Å². The van der Waals surface area contributed by atoms with Crippen LogP contribution in [0, 0.1) is 3.57 Å². The van der Waals surface area contributed by atoms with Gasteiger partial charge in [-0.3, -0.25) is 4.79 Å². The Labute approximate surface area is 127 Å². The summed E-state index contributed by atoms with van der Waals surface area (Å²) in [6.07, 6.45) is 0. The van der Waals surface area contributed by atoms with Gasteiger partial charge in [0.1, 0.15) is 5.76 Å². The van der Waals surface area contributed by atoms with Crippen LogP contribution in [-0.4, -0.2) is 17.9 Å². The zero-order chi connectivity index (χ0) is 13.1. The fourth-order valence-electron chi connectivity index (χ4n) is 1.58. The summed E-state index contributed by atoms with van der Waals surface area (Å²) in [7, 11) is 1.76. The van der Waals surface area contributed by atoms with Crippen LogP contribution in [0.1, 0.15) is 16.1 Å². The molecule has 18 heavy (non-hydrogen) atoms. The third-order valence-electron chi connectivity index (χ3n) is 2.44. The first kappa shape index (κ1) is 13.6. The number of hydrogen-bond donors (Lipinski definition) is 0. The molecule has 1 aromatic carbocycles. The predicted molar refractivity (Wildman–Crippen MR) is 81.4 cm³/mol. The summed E-state index contributed by atoms with van der Waals surface area (Å²) < 4.78 is 7.11. The van der Waals surface area contributed by atoms with Crippen LogP contribution in [0.5, 0.6) is 0 Å². The largest absolute Gasteiger partial charge is 0.452 e. The van der Waals surface area contributed by atoms with Crippen molar-refractivity contribution >= 4 is 44.4 Å². The van der Waals surface area contributed by atoms with Crippen molar-refractivity contribution in [3.8, 4) is 0 Å². The molecule has 0 bridgehead atoms. The molecule has 3 nitrogen and oxygen atoms in total. The highest BCUT2D eigenvalue weighted by Crippen LogP contribution is 2.16. The number of furan rings is 1. The van der Waals surface area contributed by atoms with Crippen LogP contribution in [0.25, 0.3) is 0 Å². The minimum atomic E-state index is -0.0129. The van der Waals surface area contributed by atoms with Crippen molar-refractivity contribution in [1.82, 2.24) is 4.90 Å². The molecular weight excluding hydrogens is 409 g/mol. The first-order valence-corrected chi connectivity index (χ1v) is 7.18. The number of halogens is 2. The van der Waals surface area contributed by atoms with Crippen LogP contribution in [-0.2, 0) is 6.54 Å². The number of hydrogen-bond acceptors (Lipinski definition) is 2. The van der Waals surface area contributed by atoms with Crippen molar-refractivity contribution in [2.45, 2.75) is 6.54 Å². The average Bonchev–Trinajstić information content (AvgIpc) is 2.73. The van der Waals surface area contributed by atoms with Crippen molar-refractivity contribution in [3.63, 3.8) is 0 Å². The van der Waals surface area contributed by atoms with Crippen LogP contribution in [0.2, 0.25) is 0 Å². The van der Waals surface area contributed by atoms with Gasteiger partial charge < -0.3 is 9.32 Å². The average molecular weight is 420 g/mol. The molecular formula is C13H11BrINO2. The normalized spacial score (nSPS) is 10.4. The maximum atomic E-state index is 12.2. The summed E-state index contributed by atoms with van der Waals surface area (Å²) in [6, 6.07) is 11.2. The Hall–Kier alpha value is -0.820. The van der Waals surface area contributed by atoms with Crippen LogP contribution < -0.4 is 0 Å². The molecule has 0 aliphatic rings. The molecule has 5 heteroatoms. The van der Waals surface area contributed by atoms with Gasteiger partial charge in [-0.25, -0.2) is 0 Å². The Balaban J connectivity index is 2.09. The first-order chi connectivity index (χ1) is 8.56. The monoisotopic (exact) mass is 419 g/mol. The molecule has 1 amide bonds. The summed E-state index contributed by atoms with van der Waals surface area (Å²) >= 11 is 5.44. The highest BCUT2D eigenvalue weighted by molar-refractivity contribution is 14.1. The molecule has 0 saturated carbocycles. The van der Waals surface area contributed by atoms with E-state index in [4.69, 9.17) is 4.42 Å². The number of benzene rings is 1. The lowest BCUT2D eigenvalue weighted by Gasteiger charge is -2.15. The number of carbonyl (C=O) groups excluding carboxylic acids is 1. The van der Waals surface area contributed by atoms with Crippen molar-refractivity contribution in [2.24, 2.45) is 0 Å². The van der Waals surface area contributed by atoms with Gasteiger partial charge in [0.25, 0.3) is 5.91 Å². The molecule has 1 heterocycles. The summed E-state index contributed by atoms with van der Waals surface area (Å²) in [5.41, 5.74) is 0.690. The number of carbonyl (C=O) groups is 1. The third kappa shape index (κ3) is 3.35. The zero-order valence-electron chi connectivity index (χ0n) is 9.69. The van der Waals surface area contributed by atoms with Gasteiger partial charge in [-0.1, -0.05) is 6.07 Å². The van der Waals surface area contributed by atoms with E-state index in [1.54, 1.807) is 11.9 Å². The summed E-state index contributed by atoms with van der Waals surface area (Å²) in [5.74, 6) is 0.740. The van der Waals surface area contributed by atoms with Crippen LogP contribution in [0.4, 0.5) is 0 Å². The quantitative estimate of drug-likeness (QED) is 0.706. The van der Waals surface area contributed by atoms with E-state index < -0.39 is 0 Å². The van der Waals surface area contributed by atoms with E-state index in [-0.39, 0.29) is 5.91 Å². The smallest absolute Gasteiger partial charge is 0.254 e. The highest BCUT2D eigenvalue weighted by Gasteiger charge is 2.13. The summed E-state index contributed by atoms with van der Waals surface area (Å²) in [5, 5.41) is 0. The molecule has 0 aliphatic heterocycles. The Morgan fingerprint density at radius 2 is 2.17 bits per heavy atom. The fourth-order valence-corrected chi connectivity index (χ4v) is 2.47. The molecule has 0 saturated heterocycles. The number of rotatable bonds is 3. The van der Waals surface area contributed by atoms with Gasteiger partial charge in [-0.2, -0.15) is 0 Å². The molecule has 0 N–H and O–H groups in total. The Kier molecular flexibility index (Phi) is 4.45. The maximum absolute atomic E-state index is 12.2. The lowest BCUT2D eigenvalue weighted by molar-refractivity contribution is 0.0775. The molecule has 0 aliphatic carbocycles. The Morgan fingerprint density at radius 1 is 1.39 bits per heavy atom. The van der Waals surface area contributed by atoms with E-state index >= 15 is 0 Å². The standard InChI is InChI=1S/C13H11BrINO2/c1-16(8-11-5-6-12(14)18-11)13(17)9-3-2-4-10(15)7-9/h2-7H,8H2,1H3. The first-order valence-electron chi connectivity index (χ1n) is 5.31. The van der Waals surface area contributed by atoms with E-state index in [1.165, 1.54) is 0 Å². The lowest BCUT2D eigenvalue weighted by atomic mass is 10.2. The second kappa shape index (κ2) is 5.88. The second-order valence-corrected chi connectivity index (χ2v) is 5.90.